The Morgan fingerprint density at radius 2 is 2.20 bits per heavy atom. The minimum Gasteiger partial charge on any atom is -0.378 e. The first-order valence-electron chi connectivity index (χ1n) is 9.34. The molecule has 3 rings (SSSR count). The van der Waals surface area contributed by atoms with Gasteiger partial charge in [0.2, 0.25) is 0 Å². The zero-order valence-corrected chi connectivity index (χ0v) is 17.7. The Bertz CT molecular complexity index is 528. The first-order chi connectivity index (χ1) is 11.8. The van der Waals surface area contributed by atoms with Crippen LogP contribution in [0, 0.1) is 5.41 Å². The summed E-state index contributed by atoms with van der Waals surface area (Å²) < 4.78 is 7.95. The third-order valence-corrected chi connectivity index (χ3v) is 5.64. The second kappa shape index (κ2) is 9.75. The number of hydrogen-bond acceptors (Lipinski definition) is 3. The van der Waals surface area contributed by atoms with Crippen molar-refractivity contribution in [2.24, 2.45) is 10.4 Å². The quantitative estimate of drug-likeness (QED) is 0.284. The molecule has 0 aliphatic heterocycles. The number of aryl methyl sites for hydroxylation is 1. The summed E-state index contributed by atoms with van der Waals surface area (Å²) in [7, 11) is 1.85. The minimum absolute atomic E-state index is 0. The van der Waals surface area contributed by atoms with Gasteiger partial charge in [0.25, 0.3) is 0 Å². The number of ether oxygens (including phenoxy) is 1. The monoisotopic (exact) mass is 461 g/mol. The summed E-state index contributed by atoms with van der Waals surface area (Å²) in [6.45, 7) is 4.74. The molecule has 0 bridgehead atoms. The van der Waals surface area contributed by atoms with Gasteiger partial charge in [0.05, 0.1) is 6.10 Å². The lowest BCUT2D eigenvalue weighted by atomic mass is 9.60. The molecule has 2 aliphatic carbocycles. The molecule has 142 valence electrons. The third-order valence-electron chi connectivity index (χ3n) is 5.64. The molecule has 0 aromatic carbocycles. The first kappa shape index (κ1) is 20.5. The lowest BCUT2D eigenvalue weighted by Gasteiger charge is -2.54. The lowest BCUT2D eigenvalue weighted by Crippen LogP contribution is -2.65. The van der Waals surface area contributed by atoms with Crippen LogP contribution in [0.15, 0.2) is 23.5 Å². The fourth-order valence-corrected chi connectivity index (χ4v) is 4.33. The average molecular weight is 461 g/mol. The van der Waals surface area contributed by atoms with Crippen molar-refractivity contribution in [1.82, 2.24) is 20.4 Å². The molecule has 0 amide bonds. The van der Waals surface area contributed by atoms with Crippen LogP contribution in [0.25, 0.3) is 0 Å². The minimum atomic E-state index is 0. The Kier molecular flexibility index (Phi) is 7.99. The molecule has 25 heavy (non-hydrogen) atoms. The van der Waals surface area contributed by atoms with Crippen LogP contribution < -0.4 is 10.6 Å². The number of halogens is 1. The molecule has 1 spiro atoms. The van der Waals surface area contributed by atoms with E-state index < -0.39 is 0 Å². The van der Waals surface area contributed by atoms with E-state index in [9.17, 15) is 0 Å². The zero-order valence-electron chi connectivity index (χ0n) is 15.4. The molecule has 2 unspecified atom stereocenters. The fourth-order valence-electron chi connectivity index (χ4n) is 4.33. The SMILES string of the molecule is CCOC1CC(NC(=NC)NCCCn2cccn2)C12CCCC2.I. The smallest absolute Gasteiger partial charge is 0.191 e. The molecule has 1 heterocycles. The predicted molar refractivity (Wildman–Crippen MR) is 111 cm³/mol. The summed E-state index contributed by atoms with van der Waals surface area (Å²) in [5.74, 6) is 0.918. The highest BCUT2D eigenvalue weighted by Crippen LogP contribution is 2.54. The maximum atomic E-state index is 5.99. The molecule has 2 saturated carbocycles. The molecule has 2 N–H and O–H groups in total. The first-order valence-corrected chi connectivity index (χ1v) is 9.34. The largest absolute Gasteiger partial charge is 0.378 e. The number of nitrogens with zero attached hydrogens (tertiary/aromatic N) is 3. The zero-order chi connectivity index (χ0) is 16.8. The highest BCUT2D eigenvalue weighted by molar-refractivity contribution is 14.0. The van der Waals surface area contributed by atoms with Crippen molar-refractivity contribution < 1.29 is 4.74 Å². The molecule has 2 atom stereocenters. The van der Waals surface area contributed by atoms with Gasteiger partial charge in [-0.2, -0.15) is 5.10 Å². The van der Waals surface area contributed by atoms with Gasteiger partial charge in [-0.25, -0.2) is 0 Å². The number of aliphatic imine (C=N–C) groups is 1. The number of guanidine groups is 1. The van der Waals surface area contributed by atoms with Crippen molar-refractivity contribution in [3.63, 3.8) is 0 Å². The Balaban J connectivity index is 0.00000225. The molecule has 0 radical (unpaired) electrons. The van der Waals surface area contributed by atoms with E-state index in [1.165, 1.54) is 25.7 Å². The Morgan fingerprint density at radius 3 is 2.84 bits per heavy atom. The molecule has 1 aromatic heterocycles. The van der Waals surface area contributed by atoms with E-state index in [0.717, 1.165) is 38.5 Å². The van der Waals surface area contributed by atoms with E-state index in [4.69, 9.17) is 4.74 Å². The summed E-state index contributed by atoms with van der Waals surface area (Å²) >= 11 is 0. The Labute approximate surface area is 168 Å². The van der Waals surface area contributed by atoms with Gasteiger partial charge in [0.1, 0.15) is 0 Å². The van der Waals surface area contributed by atoms with E-state index in [2.05, 4.69) is 27.6 Å². The topological polar surface area (TPSA) is 63.5 Å². The lowest BCUT2D eigenvalue weighted by molar-refractivity contribution is -0.125. The van der Waals surface area contributed by atoms with Crippen LogP contribution in [-0.4, -0.2) is 48.1 Å². The number of hydrogen-bond donors (Lipinski definition) is 2. The van der Waals surface area contributed by atoms with E-state index in [-0.39, 0.29) is 24.0 Å². The van der Waals surface area contributed by atoms with Crippen LogP contribution in [0.2, 0.25) is 0 Å². The van der Waals surface area contributed by atoms with Crippen molar-refractivity contribution in [2.45, 2.75) is 64.1 Å². The molecule has 2 aliphatic rings. The van der Waals surface area contributed by atoms with Crippen LogP contribution in [0.5, 0.6) is 0 Å². The highest BCUT2D eigenvalue weighted by Gasteiger charge is 2.56. The third kappa shape index (κ3) is 4.67. The number of aromatic nitrogens is 2. The van der Waals surface area contributed by atoms with Gasteiger partial charge in [-0.05, 0) is 38.7 Å². The van der Waals surface area contributed by atoms with E-state index >= 15 is 0 Å². The number of nitrogens with one attached hydrogen (secondary N) is 2. The summed E-state index contributed by atoms with van der Waals surface area (Å²) in [5.41, 5.74) is 0.336. The van der Waals surface area contributed by atoms with Gasteiger partial charge in [-0.1, -0.05) is 12.8 Å². The maximum absolute atomic E-state index is 5.99. The summed E-state index contributed by atoms with van der Waals surface area (Å²) in [6, 6.07) is 2.45. The number of rotatable bonds is 7. The standard InChI is InChI=1S/C18H31N5O.HI/c1-3-24-16-14-15(18(16)8-4-5-9-18)22-17(19-2)20-10-6-12-23-13-7-11-21-23;/h7,11,13,15-16H,3-6,8-10,12,14H2,1-2H3,(H2,19,20,22);1H. The van der Waals surface area contributed by atoms with Crippen LogP contribution in [-0.2, 0) is 11.3 Å². The van der Waals surface area contributed by atoms with Gasteiger partial charge in [0, 0.05) is 50.6 Å². The summed E-state index contributed by atoms with van der Waals surface area (Å²) in [6.07, 6.45) is 11.6. The second-order valence-electron chi connectivity index (χ2n) is 6.94. The molecule has 0 saturated heterocycles. The van der Waals surface area contributed by atoms with Gasteiger partial charge < -0.3 is 15.4 Å². The van der Waals surface area contributed by atoms with Gasteiger partial charge >= 0.3 is 0 Å². The van der Waals surface area contributed by atoms with Gasteiger partial charge in [-0.3, -0.25) is 9.67 Å². The maximum Gasteiger partial charge on any atom is 0.191 e. The molecule has 6 nitrogen and oxygen atoms in total. The van der Waals surface area contributed by atoms with Crippen LogP contribution >= 0.6 is 24.0 Å². The second-order valence-corrected chi connectivity index (χ2v) is 6.94. The highest BCUT2D eigenvalue weighted by atomic mass is 127. The van der Waals surface area contributed by atoms with Crippen molar-refractivity contribution in [3.05, 3.63) is 18.5 Å². The Hall–Kier alpha value is -0.830. The van der Waals surface area contributed by atoms with E-state index in [0.29, 0.717) is 17.6 Å². The average Bonchev–Trinajstić information content (AvgIpc) is 3.28. The van der Waals surface area contributed by atoms with Crippen molar-refractivity contribution in [2.75, 3.05) is 20.2 Å². The summed E-state index contributed by atoms with van der Waals surface area (Å²) in [4.78, 5) is 4.40. The Morgan fingerprint density at radius 1 is 1.40 bits per heavy atom. The molecular weight excluding hydrogens is 429 g/mol. The van der Waals surface area contributed by atoms with Crippen molar-refractivity contribution in [3.8, 4) is 0 Å². The fraction of sp³-hybridized carbons (Fsp3) is 0.778. The van der Waals surface area contributed by atoms with Gasteiger partial charge in [-0.15, -0.1) is 24.0 Å². The molecule has 7 heteroatoms. The van der Waals surface area contributed by atoms with E-state index in [1.807, 2.05) is 30.2 Å². The van der Waals surface area contributed by atoms with Gasteiger partial charge in [0.15, 0.2) is 5.96 Å². The normalized spacial score (nSPS) is 24.6. The van der Waals surface area contributed by atoms with Crippen LogP contribution in [0.3, 0.4) is 0 Å². The molecule has 2 fully saturated rings. The van der Waals surface area contributed by atoms with Crippen molar-refractivity contribution in [1.29, 1.82) is 0 Å². The van der Waals surface area contributed by atoms with Crippen LogP contribution in [0.1, 0.15) is 45.4 Å². The predicted octanol–water partition coefficient (Wildman–Crippen LogP) is 2.79. The van der Waals surface area contributed by atoms with Crippen LogP contribution in [0.4, 0.5) is 0 Å². The summed E-state index contributed by atoms with van der Waals surface area (Å²) in [5, 5.41) is 11.3. The van der Waals surface area contributed by atoms with Crippen molar-refractivity contribution >= 4 is 29.9 Å². The molecular formula is C18H32IN5O. The molecule has 1 aromatic rings. The van der Waals surface area contributed by atoms with E-state index in [1.54, 1.807) is 0 Å².